The van der Waals surface area contributed by atoms with Crippen LogP contribution < -0.4 is 0 Å². The molecule has 0 radical (unpaired) electrons. The van der Waals surface area contributed by atoms with Crippen molar-refractivity contribution in [1.29, 1.82) is 0 Å². The van der Waals surface area contributed by atoms with Gasteiger partial charge in [-0.3, -0.25) is 4.79 Å². The van der Waals surface area contributed by atoms with Crippen molar-refractivity contribution in [2.75, 3.05) is 13.1 Å². The summed E-state index contributed by atoms with van der Waals surface area (Å²) in [7, 11) is 0. The van der Waals surface area contributed by atoms with Gasteiger partial charge in [0, 0.05) is 19.0 Å². The van der Waals surface area contributed by atoms with E-state index in [2.05, 4.69) is 32.9 Å². The minimum Gasteiger partial charge on any atom is -0.342 e. The van der Waals surface area contributed by atoms with Crippen molar-refractivity contribution in [3.63, 3.8) is 0 Å². The molecule has 1 unspecified atom stereocenters. The molecule has 0 aliphatic heterocycles. The van der Waals surface area contributed by atoms with Crippen molar-refractivity contribution in [2.24, 2.45) is 11.8 Å². The third-order valence-corrected chi connectivity index (χ3v) is 2.90. The molecular formula is C13H23NO. The zero-order valence-electron chi connectivity index (χ0n) is 10.2. The highest BCUT2D eigenvalue weighted by Gasteiger charge is 2.23. The second-order valence-electron chi connectivity index (χ2n) is 4.75. The number of carbonyl (C=O) groups excluding carboxylic acids is 1. The lowest BCUT2D eigenvalue weighted by Crippen LogP contribution is -2.38. The molecule has 0 saturated carbocycles. The number of allylic oxidation sites excluding steroid dienone is 2. The standard InChI is InChI=1S/C13H23NO/c1-4-14(10-11(2)3)13(15)12-8-6-5-7-9-12/h5-6,11-12H,4,7-10H2,1-3H3. The predicted octanol–water partition coefficient (Wildman–Crippen LogP) is 2.85. The summed E-state index contributed by atoms with van der Waals surface area (Å²) < 4.78 is 0. The van der Waals surface area contributed by atoms with Gasteiger partial charge in [0.1, 0.15) is 0 Å². The highest BCUT2D eigenvalue weighted by molar-refractivity contribution is 5.79. The van der Waals surface area contributed by atoms with E-state index < -0.39 is 0 Å². The van der Waals surface area contributed by atoms with E-state index in [1.54, 1.807) is 0 Å². The fraction of sp³-hybridized carbons (Fsp3) is 0.769. The second kappa shape index (κ2) is 5.94. The van der Waals surface area contributed by atoms with Gasteiger partial charge in [-0.05, 0) is 32.1 Å². The lowest BCUT2D eigenvalue weighted by Gasteiger charge is -2.28. The molecule has 2 nitrogen and oxygen atoms in total. The molecule has 0 saturated heterocycles. The van der Waals surface area contributed by atoms with Crippen molar-refractivity contribution in [1.82, 2.24) is 4.90 Å². The Hall–Kier alpha value is -0.790. The molecule has 1 amide bonds. The zero-order chi connectivity index (χ0) is 11.3. The molecule has 1 atom stereocenters. The maximum atomic E-state index is 12.2. The Morgan fingerprint density at radius 1 is 1.47 bits per heavy atom. The second-order valence-corrected chi connectivity index (χ2v) is 4.75. The first-order valence-electron chi connectivity index (χ1n) is 6.09. The van der Waals surface area contributed by atoms with Gasteiger partial charge in [0.05, 0.1) is 0 Å². The summed E-state index contributed by atoms with van der Waals surface area (Å²) in [6, 6.07) is 0. The van der Waals surface area contributed by atoms with Crippen molar-refractivity contribution in [3.05, 3.63) is 12.2 Å². The van der Waals surface area contributed by atoms with Crippen LogP contribution in [-0.2, 0) is 4.79 Å². The number of nitrogens with zero attached hydrogens (tertiary/aromatic N) is 1. The highest BCUT2D eigenvalue weighted by Crippen LogP contribution is 2.20. The van der Waals surface area contributed by atoms with Gasteiger partial charge >= 0.3 is 0 Å². The molecule has 1 rings (SSSR count). The van der Waals surface area contributed by atoms with E-state index >= 15 is 0 Å². The Bertz CT molecular complexity index is 233. The van der Waals surface area contributed by atoms with Gasteiger partial charge in [-0.1, -0.05) is 26.0 Å². The Morgan fingerprint density at radius 2 is 2.20 bits per heavy atom. The third-order valence-electron chi connectivity index (χ3n) is 2.90. The summed E-state index contributed by atoms with van der Waals surface area (Å²) in [4.78, 5) is 14.2. The van der Waals surface area contributed by atoms with E-state index in [9.17, 15) is 4.79 Å². The number of amides is 1. The van der Waals surface area contributed by atoms with Crippen LogP contribution in [0.2, 0.25) is 0 Å². The first-order chi connectivity index (χ1) is 7.15. The van der Waals surface area contributed by atoms with Crippen LogP contribution in [0.3, 0.4) is 0 Å². The van der Waals surface area contributed by atoms with Gasteiger partial charge in [0.2, 0.25) is 5.91 Å². The first kappa shape index (κ1) is 12.3. The first-order valence-corrected chi connectivity index (χ1v) is 6.09. The van der Waals surface area contributed by atoms with Crippen LogP contribution in [0.4, 0.5) is 0 Å². The summed E-state index contributed by atoms with van der Waals surface area (Å²) in [6.07, 6.45) is 7.37. The average Bonchev–Trinajstić information content (AvgIpc) is 2.26. The van der Waals surface area contributed by atoms with Crippen LogP contribution in [0.5, 0.6) is 0 Å². The predicted molar refractivity (Wildman–Crippen MR) is 63.6 cm³/mol. The van der Waals surface area contributed by atoms with Crippen molar-refractivity contribution in [3.8, 4) is 0 Å². The quantitative estimate of drug-likeness (QED) is 0.652. The number of hydrogen-bond donors (Lipinski definition) is 0. The van der Waals surface area contributed by atoms with E-state index in [-0.39, 0.29) is 5.92 Å². The van der Waals surface area contributed by atoms with Gasteiger partial charge in [0.15, 0.2) is 0 Å². The van der Waals surface area contributed by atoms with Gasteiger partial charge in [-0.25, -0.2) is 0 Å². The maximum Gasteiger partial charge on any atom is 0.226 e. The molecule has 1 aliphatic carbocycles. The molecule has 0 aromatic heterocycles. The highest BCUT2D eigenvalue weighted by atomic mass is 16.2. The lowest BCUT2D eigenvalue weighted by atomic mass is 9.93. The fourth-order valence-corrected chi connectivity index (χ4v) is 2.09. The van der Waals surface area contributed by atoms with Crippen LogP contribution in [0.1, 0.15) is 40.0 Å². The van der Waals surface area contributed by atoms with Crippen molar-refractivity contribution < 1.29 is 4.79 Å². The van der Waals surface area contributed by atoms with E-state index in [0.717, 1.165) is 32.4 Å². The van der Waals surface area contributed by atoms with Crippen LogP contribution in [-0.4, -0.2) is 23.9 Å². The van der Waals surface area contributed by atoms with Gasteiger partial charge in [-0.2, -0.15) is 0 Å². The number of rotatable bonds is 4. The topological polar surface area (TPSA) is 20.3 Å². The largest absolute Gasteiger partial charge is 0.342 e. The minimum absolute atomic E-state index is 0.244. The normalized spacial score (nSPS) is 20.7. The summed E-state index contributed by atoms with van der Waals surface area (Å²) in [6.45, 7) is 8.14. The SMILES string of the molecule is CCN(CC(C)C)C(=O)C1CC=CCC1. The molecule has 0 bridgehead atoms. The van der Waals surface area contributed by atoms with Gasteiger partial charge in [-0.15, -0.1) is 0 Å². The lowest BCUT2D eigenvalue weighted by molar-refractivity contribution is -0.136. The van der Waals surface area contributed by atoms with Crippen LogP contribution >= 0.6 is 0 Å². The molecule has 0 aromatic rings. The summed E-state index contributed by atoms with van der Waals surface area (Å²) in [5.41, 5.74) is 0. The minimum atomic E-state index is 0.244. The van der Waals surface area contributed by atoms with Gasteiger partial charge < -0.3 is 4.90 Å². The van der Waals surface area contributed by atoms with Crippen LogP contribution in [0.25, 0.3) is 0 Å². The van der Waals surface area contributed by atoms with Crippen LogP contribution in [0, 0.1) is 11.8 Å². The Labute approximate surface area is 93.3 Å². The zero-order valence-corrected chi connectivity index (χ0v) is 10.2. The monoisotopic (exact) mass is 209 g/mol. The molecule has 15 heavy (non-hydrogen) atoms. The Morgan fingerprint density at radius 3 is 2.67 bits per heavy atom. The smallest absolute Gasteiger partial charge is 0.226 e. The molecule has 0 aromatic carbocycles. The molecule has 1 aliphatic rings. The molecule has 0 heterocycles. The molecule has 0 fully saturated rings. The maximum absolute atomic E-state index is 12.2. The van der Waals surface area contributed by atoms with E-state index in [0.29, 0.717) is 11.8 Å². The molecular weight excluding hydrogens is 186 g/mol. The van der Waals surface area contributed by atoms with E-state index in [1.165, 1.54) is 0 Å². The van der Waals surface area contributed by atoms with Crippen molar-refractivity contribution >= 4 is 5.91 Å². The number of carbonyl (C=O) groups is 1. The van der Waals surface area contributed by atoms with Crippen LogP contribution in [0.15, 0.2) is 12.2 Å². The molecule has 86 valence electrons. The summed E-state index contributed by atoms with van der Waals surface area (Å²) >= 11 is 0. The third kappa shape index (κ3) is 3.69. The van der Waals surface area contributed by atoms with Gasteiger partial charge in [0.25, 0.3) is 0 Å². The average molecular weight is 209 g/mol. The fourth-order valence-electron chi connectivity index (χ4n) is 2.09. The Balaban J connectivity index is 2.51. The van der Waals surface area contributed by atoms with E-state index in [1.807, 2.05) is 4.90 Å². The summed E-state index contributed by atoms with van der Waals surface area (Å²) in [5, 5.41) is 0. The molecule has 2 heteroatoms. The molecule has 0 spiro atoms. The van der Waals surface area contributed by atoms with Crippen molar-refractivity contribution in [2.45, 2.75) is 40.0 Å². The summed E-state index contributed by atoms with van der Waals surface area (Å²) in [5.74, 6) is 1.16. The molecule has 0 N–H and O–H groups in total. The van der Waals surface area contributed by atoms with E-state index in [4.69, 9.17) is 0 Å². The number of hydrogen-bond acceptors (Lipinski definition) is 1. The Kier molecular flexibility index (Phi) is 4.86.